The minimum Gasteiger partial charge on any atom is -0.364 e. The third kappa shape index (κ3) is 2.86. The second-order valence-corrected chi connectivity index (χ2v) is 6.88. The summed E-state index contributed by atoms with van der Waals surface area (Å²) in [5, 5.41) is 0. The number of piperidine rings is 1. The number of likely N-dealkylation sites (tertiary alicyclic amines) is 1. The van der Waals surface area contributed by atoms with Crippen molar-refractivity contribution < 1.29 is 4.39 Å². The van der Waals surface area contributed by atoms with Crippen LogP contribution in [-0.4, -0.2) is 31.1 Å². The largest absolute Gasteiger partial charge is 0.364 e. The summed E-state index contributed by atoms with van der Waals surface area (Å²) >= 11 is 0. The first-order valence-corrected chi connectivity index (χ1v) is 8.51. The number of benzene rings is 2. The second-order valence-electron chi connectivity index (χ2n) is 6.88. The lowest BCUT2D eigenvalue weighted by molar-refractivity contribution is 0.249. The monoisotopic (exact) mass is 310 g/mol. The number of rotatable bonds is 1. The van der Waals surface area contributed by atoms with Crippen molar-refractivity contribution in [1.29, 1.82) is 0 Å². The van der Waals surface area contributed by atoms with Gasteiger partial charge < -0.3 is 9.80 Å². The predicted molar refractivity (Wildman–Crippen MR) is 92.4 cm³/mol. The van der Waals surface area contributed by atoms with Crippen molar-refractivity contribution in [2.45, 2.75) is 31.8 Å². The van der Waals surface area contributed by atoms with Gasteiger partial charge >= 0.3 is 0 Å². The van der Waals surface area contributed by atoms with E-state index >= 15 is 0 Å². The van der Waals surface area contributed by atoms with Crippen LogP contribution >= 0.6 is 0 Å². The molecule has 0 spiro atoms. The highest BCUT2D eigenvalue weighted by Crippen LogP contribution is 2.34. The van der Waals surface area contributed by atoms with Crippen LogP contribution in [0.15, 0.2) is 42.5 Å². The number of anilines is 1. The molecule has 2 aromatic carbocycles. The van der Waals surface area contributed by atoms with E-state index in [9.17, 15) is 4.39 Å². The van der Waals surface area contributed by atoms with Gasteiger partial charge in [0, 0.05) is 18.3 Å². The predicted octanol–water partition coefficient (Wildman–Crippen LogP) is 3.83. The number of para-hydroxylation sites is 1. The van der Waals surface area contributed by atoms with Gasteiger partial charge in [-0.15, -0.1) is 0 Å². The molecule has 2 heterocycles. The Morgan fingerprint density at radius 1 is 0.957 bits per heavy atom. The minimum absolute atomic E-state index is 0.127. The molecule has 0 bridgehead atoms. The number of hydrogen-bond acceptors (Lipinski definition) is 2. The highest BCUT2D eigenvalue weighted by atomic mass is 19.1. The normalized spacial score (nSPS) is 19.1. The zero-order chi connectivity index (χ0) is 15.8. The zero-order valence-corrected chi connectivity index (χ0v) is 13.6. The van der Waals surface area contributed by atoms with Crippen molar-refractivity contribution in [3.8, 4) is 0 Å². The second kappa shape index (κ2) is 5.97. The van der Waals surface area contributed by atoms with Gasteiger partial charge in [-0.3, -0.25) is 0 Å². The fourth-order valence-electron chi connectivity index (χ4n) is 3.96. The van der Waals surface area contributed by atoms with Gasteiger partial charge in [-0.1, -0.05) is 24.3 Å². The van der Waals surface area contributed by atoms with Gasteiger partial charge in [-0.2, -0.15) is 0 Å². The van der Waals surface area contributed by atoms with Crippen LogP contribution in [0.1, 0.15) is 29.5 Å². The van der Waals surface area contributed by atoms with E-state index in [0.717, 1.165) is 31.6 Å². The van der Waals surface area contributed by atoms with Crippen LogP contribution in [-0.2, 0) is 13.0 Å². The summed E-state index contributed by atoms with van der Waals surface area (Å²) in [6.07, 6.45) is 3.25. The third-order valence-electron chi connectivity index (χ3n) is 5.32. The Bertz CT molecular complexity index is 705. The van der Waals surface area contributed by atoms with Crippen molar-refractivity contribution >= 4 is 5.69 Å². The van der Waals surface area contributed by atoms with E-state index < -0.39 is 0 Å². The van der Waals surface area contributed by atoms with Gasteiger partial charge in [0.15, 0.2) is 0 Å². The number of fused-ring (bicyclic) bond motifs is 2. The molecule has 4 rings (SSSR count). The van der Waals surface area contributed by atoms with Gasteiger partial charge in [0.25, 0.3) is 0 Å². The number of hydrogen-bond donors (Lipinski definition) is 0. The van der Waals surface area contributed by atoms with E-state index in [4.69, 9.17) is 0 Å². The molecule has 2 aliphatic rings. The average Bonchev–Trinajstić information content (AvgIpc) is 2.72. The maximum absolute atomic E-state index is 13.8. The quantitative estimate of drug-likeness (QED) is 0.790. The molecule has 23 heavy (non-hydrogen) atoms. The van der Waals surface area contributed by atoms with Crippen LogP contribution in [0.3, 0.4) is 0 Å². The summed E-state index contributed by atoms with van der Waals surface area (Å²) in [6.45, 7) is 3.09. The first-order chi connectivity index (χ1) is 11.2. The lowest BCUT2D eigenvalue weighted by Crippen LogP contribution is -2.43. The highest BCUT2D eigenvalue weighted by molar-refractivity contribution is 5.59. The smallest absolute Gasteiger partial charge is 0.123 e. The zero-order valence-electron chi connectivity index (χ0n) is 13.6. The fourth-order valence-corrected chi connectivity index (χ4v) is 3.96. The molecule has 0 N–H and O–H groups in total. The SMILES string of the molecule is CN1CCC(N2Cc3cc(F)ccc3Cc3ccccc32)CC1. The molecule has 3 heteroatoms. The summed E-state index contributed by atoms with van der Waals surface area (Å²) < 4.78 is 13.8. The minimum atomic E-state index is -0.127. The van der Waals surface area contributed by atoms with Crippen LogP contribution < -0.4 is 4.90 Å². The maximum atomic E-state index is 13.8. The van der Waals surface area contributed by atoms with Crippen molar-refractivity contribution in [3.05, 3.63) is 65.0 Å². The Kier molecular flexibility index (Phi) is 3.82. The third-order valence-corrected chi connectivity index (χ3v) is 5.32. The molecule has 0 saturated carbocycles. The molecule has 0 amide bonds. The van der Waals surface area contributed by atoms with E-state index in [2.05, 4.69) is 41.1 Å². The molecule has 0 unspecified atom stereocenters. The highest BCUT2D eigenvalue weighted by Gasteiger charge is 2.27. The molecule has 120 valence electrons. The van der Waals surface area contributed by atoms with Gasteiger partial charge in [0.1, 0.15) is 5.82 Å². The number of nitrogens with zero attached hydrogens (tertiary/aromatic N) is 2. The lowest BCUT2D eigenvalue weighted by atomic mass is 10.0. The summed E-state index contributed by atoms with van der Waals surface area (Å²) in [5.41, 5.74) is 5.09. The van der Waals surface area contributed by atoms with Crippen molar-refractivity contribution in [2.24, 2.45) is 0 Å². The molecule has 2 aromatic rings. The Hall–Kier alpha value is -1.87. The Morgan fingerprint density at radius 2 is 1.74 bits per heavy atom. The fraction of sp³-hybridized carbons (Fsp3) is 0.400. The Labute approximate surface area is 137 Å². The molecular formula is C20H23FN2. The summed E-state index contributed by atoms with van der Waals surface area (Å²) in [5.74, 6) is -0.127. The first kappa shape index (κ1) is 14.7. The van der Waals surface area contributed by atoms with Crippen molar-refractivity contribution in [3.63, 3.8) is 0 Å². The van der Waals surface area contributed by atoms with Crippen LogP contribution in [0.4, 0.5) is 10.1 Å². The van der Waals surface area contributed by atoms with Gasteiger partial charge in [0.05, 0.1) is 0 Å². The van der Waals surface area contributed by atoms with E-state index in [0.29, 0.717) is 6.04 Å². The van der Waals surface area contributed by atoms with Crippen molar-refractivity contribution in [1.82, 2.24) is 4.90 Å². The van der Waals surface area contributed by atoms with Crippen LogP contribution in [0.5, 0.6) is 0 Å². The number of halogens is 1. The summed E-state index contributed by atoms with van der Waals surface area (Å²) in [4.78, 5) is 4.92. The molecule has 0 aromatic heterocycles. The molecule has 0 radical (unpaired) electrons. The summed E-state index contributed by atoms with van der Waals surface area (Å²) in [7, 11) is 2.19. The Balaban J connectivity index is 1.74. The van der Waals surface area contributed by atoms with E-state index in [1.54, 1.807) is 12.1 Å². The molecule has 2 nitrogen and oxygen atoms in total. The average molecular weight is 310 g/mol. The molecule has 0 atom stereocenters. The van der Waals surface area contributed by atoms with E-state index in [-0.39, 0.29) is 5.82 Å². The van der Waals surface area contributed by atoms with Gasteiger partial charge in [-0.05, 0) is 74.3 Å². The molecule has 2 aliphatic heterocycles. The topological polar surface area (TPSA) is 6.48 Å². The standard InChI is InChI=1S/C20H23FN2/c1-22-10-8-19(9-11-22)23-14-17-13-18(21)7-6-15(17)12-16-4-2-3-5-20(16)23/h2-7,13,19H,8-12,14H2,1H3. The van der Waals surface area contributed by atoms with Crippen LogP contribution in [0.2, 0.25) is 0 Å². The molecule has 1 saturated heterocycles. The molecule has 1 fully saturated rings. The van der Waals surface area contributed by atoms with Gasteiger partial charge in [0.2, 0.25) is 0 Å². The van der Waals surface area contributed by atoms with Crippen molar-refractivity contribution in [2.75, 3.05) is 25.0 Å². The van der Waals surface area contributed by atoms with E-state index in [1.165, 1.54) is 29.7 Å². The first-order valence-electron chi connectivity index (χ1n) is 8.51. The molecular weight excluding hydrogens is 287 g/mol. The van der Waals surface area contributed by atoms with Crippen LogP contribution in [0.25, 0.3) is 0 Å². The molecule has 0 aliphatic carbocycles. The Morgan fingerprint density at radius 3 is 2.57 bits per heavy atom. The van der Waals surface area contributed by atoms with E-state index in [1.807, 2.05) is 6.07 Å². The maximum Gasteiger partial charge on any atom is 0.123 e. The van der Waals surface area contributed by atoms with Gasteiger partial charge in [-0.25, -0.2) is 4.39 Å². The summed E-state index contributed by atoms with van der Waals surface area (Å²) in [6, 6.07) is 14.5. The lowest BCUT2D eigenvalue weighted by Gasteiger charge is -2.39. The van der Waals surface area contributed by atoms with Crippen LogP contribution in [0, 0.1) is 5.82 Å².